The Kier molecular flexibility index (Phi) is 2.12. The van der Waals surface area contributed by atoms with Crippen molar-refractivity contribution in [3.63, 3.8) is 0 Å². The average Bonchev–Trinajstić information content (AvgIpc) is 2.65. The van der Waals surface area contributed by atoms with E-state index in [1.807, 2.05) is 0 Å². The van der Waals surface area contributed by atoms with Crippen molar-refractivity contribution in [2.24, 2.45) is 0 Å². The van der Waals surface area contributed by atoms with Crippen molar-refractivity contribution in [3.8, 4) is 0 Å². The third-order valence-electron chi connectivity index (χ3n) is 3.68. The Balaban J connectivity index is 2.09. The molecule has 2 N–H and O–H groups in total. The Labute approximate surface area is 93.2 Å². The number of ether oxygens (including phenoxy) is 1. The molecule has 5 heteroatoms. The highest BCUT2D eigenvalue weighted by Crippen LogP contribution is 2.42. The highest BCUT2D eigenvalue weighted by Gasteiger charge is 2.42. The van der Waals surface area contributed by atoms with E-state index in [4.69, 9.17) is 4.74 Å². The van der Waals surface area contributed by atoms with Gasteiger partial charge in [0.1, 0.15) is 11.4 Å². The van der Waals surface area contributed by atoms with Crippen LogP contribution in [0.25, 0.3) is 0 Å². The number of nitrogens with one attached hydrogen (secondary N) is 2. The van der Waals surface area contributed by atoms with E-state index in [9.17, 15) is 4.79 Å². The predicted octanol–water partition coefficient (Wildman–Crippen LogP) is 0.399. The fourth-order valence-electron chi connectivity index (χ4n) is 2.43. The summed E-state index contributed by atoms with van der Waals surface area (Å²) in [4.78, 5) is 19.2. The van der Waals surface area contributed by atoms with Crippen LogP contribution in [-0.2, 0) is 23.4 Å². The lowest BCUT2D eigenvalue weighted by Gasteiger charge is -2.39. The van der Waals surface area contributed by atoms with E-state index in [1.54, 1.807) is 7.11 Å². The maximum Gasteiger partial charge on any atom is 0.255 e. The van der Waals surface area contributed by atoms with Gasteiger partial charge in [0.25, 0.3) is 5.56 Å². The van der Waals surface area contributed by atoms with Gasteiger partial charge in [-0.3, -0.25) is 4.79 Å². The first-order valence-corrected chi connectivity index (χ1v) is 5.64. The lowest BCUT2D eigenvalue weighted by molar-refractivity contribution is -0.0849. The number of hydrogen-bond acceptors (Lipinski definition) is 4. The normalized spacial score (nSPS) is 21.6. The molecule has 16 heavy (non-hydrogen) atoms. The van der Waals surface area contributed by atoms with E-state index in [0.29, 0.717) is 18.9 Å². The zero-order valence-corrected chi connectivity index (χ0v) is 9.30. The predicted molar refractivity (Wildman–Crippen MR) is 57.9 cm³/mol. The molecule has 86 valence electrons. The van der Waals surface area contributed by atoms with Crippen molar-refractivity contribution < 1.29 is 4.74 Å². The highest BCUT2D eigenvalue weighted by atomic mass is 16.5. The second-order valence-corrected chi connectivity index (χ2v) is 4.50. The number of aromatic nitrogens is 2. The van der Waals surface area contributed by atoms with Crippen LogP contribution < -0.4 is 10.9 Å². The summed E-state index contributed by atoms with van der Waals surface area (Å²) in [6.07, 6.45) is 3.02. The van der Waals surface area contributed by atoms with Crippen LogP contribution in [-0.4, -0.2) is 17.1 Å². The topological polar surface area (TPSA) is 67.0 Å². The number of H-pyrrole nitrogens is 1. The molecule has 0 unspecified atom stereocenters. The molecule has 1 fully saturated rings. The van der Waals surface area contributed by atoms with Crippen molar-refractivity contribution in [3.05, 3.63) is 27.4 Å². The third kappa shape index (κ3) is 1.25. The van der Waals surface area contributed by atoms with Crippen LogP contribution in [0.5, 0.6) is 0 Å². The Morgan fingerprint density at radius 3 is 2.81 bits per heavy atom. The SMILES string of the molecule is COC1(c2nc3c(c(=O)[nH]2)CNC3)CCC1. The number of fused-ring (bicyclic) bond motifs is 1. The summed E-state index contributed by atoms with van der Waals surface area (Å²) >= 11 is 0. The number of hydrogen-bond donors (Lipinski definition) is 2. The molecule has 0 atom stereocenters. The first-order valence-electron chi connectivity index (χ1n) is 5.64. The van der Waals surface area contributed by atoms with E-state index < -0.39 is 0 Å². The van der Waals surface area contributed by atoms with E-state index in [-0.39, 0.29) is 11.2 Å². The molecule has 3 rings (SSSR count). The van der Waals surface area contributed by atoms with Crippen molar-refractivity contribution >= 4 is 0 Å². The van der Waals surface area contributed by atoms with Gasteiger partial charge in [0, 0.05) is 20.2 Å². The smallest absolute Gasteiger partial charge is 0.255 e. The van der Waals surface area contributed by atoms with Crippen molar-refractivity contribution in [1.29, 1.82) is 0 Å². The molecule has 1 saturated carbocycles. The van der Waals surface area contributed by atoms with Crippen LogP contribution in [0.1, 0.15) is 36.3 Å². The molecule has 0 spiro atoms. The molecular weight excluding hydrogens is 206 g/mol. The molecule has 5 nitrogen and oxygen atoms in total. The molecule has 0 aromatic carbocycles. The monoisotopic (exact) mass is 221 g/mol. The summed E-state index contributed by atoms with van der Waals surface area (Å²) in [6.45, 7) is 1.31. The van der Waals surface area contributed by atoms with E-state index in [0.717, 1.165) is 30.5 Å². The van der Waals surface area contributed by atoms with Crippen molar-refractivity contribution in [2.45, 2.75) is 38.0 Å². The molecule has 1 aliphatic carbocycles. The summed E-state index contributed by atoms with van der Waals surface area (Å²) in [5.41, 5.74) is 1.29. The molecule has 1 aliphatic heterocycles. The standard InChI is InChI=1S/C11H15N3O2/c1-16-11(3-2-4-11)10-13-8-6-12-5-7(8)9(15)14-10/h12H,2-6H2,1H3,(H,13,14,15). The van der Waals surface area contributed by atoms with E-state index in [1.165, 1.54) is 0 Å². The van der Waals surface area contributed by atoms with E-state index >= 15 is 0 Å². The zero-order valence-electron chi connectivity index (χ0n) is 9.30. The first kappa shape index (κ1) is 9.99. The van der Waals surface area contributed by atoms with Gasteiger partial charge >= 0.3 is 0 Å². The Bertz CT molecular complexity index is 471. The summed E-state index contributed by atoms with van der Waals surface area (Å²) in [5, 5.41) is 3.14. The lowest BCUT2D eigenvalue weighted by Crippen LogP contribution is -2.40. The average molecular weight is 221 g/mol. The second kappa shape index (κ2) is 3.40. The minimum Gasteiger partial charge on any atom is -0.370 e. The number of aromatic amines is 1. The minimum absolute atomic E-state index is 0.0201. The fourth-order valence-corrected chi connectivity index (χ4v) is 2.43. The maximum atomic E-state index is 11.8. The van der Waals surface area contributed by atoms with Crippen LogP contribution in [0.3, 0.4) is 0 Å². The van der Waals surface area contributed by atoms with Crippen molar-refractivity contribution in [1.82, 2.24) is 15.3 Å². The number of nitrogens with zero attached hydrogens (tertiary/aromatic N) is 1. The van der Waals surface area contributed by atoms with Gasteiger partial charge in [0.05, 0.1) is 11.3 Å². The van der Waals surface area contributed by atoms with Crippen LogP contribution >= 0.6 is 0 Å². The zero-order chi connectivity index (χ0) is 11.2. The summed E-state index contributed by atoms with van der Waals surface area (Å²) < 4.78 is 5.52. The molecular formula is C11H15N3O2. The Morgan fingerprint density at radius 1 is 1.38 bits per heavy atom. The highest BCUT2D eigenvalue weighted by molar-refractivity contribution is 5.23. The minimum atomic E-state index is -0.337. The Hall–Kier alpha value is -1.20. The van der Waals surface area contributed by atoms with Crippen LogP contribution in [0, 0.1) is 0 Å². The first-order chi connectivity index (χ1) is 7.75. The molecule has 1 aromatic heterocycles. The van der Waals surface area contributed by atoms with Crippen LogP contribution in [0.4, 0.5) is 0 Å². The molecule has 2 heterocycles. The van der Waals surface area contributed by atoms with Gasteiger partial charge in [-0.05, 0) is 19.3 Å². The van der Waals surface area contributed by atoms with Crippen molar-refractivity contribution in [2.75, 3.05) is 7.11 Å². The van der Waals surface area contributed by atoms with Gasteiger partial charge in [-0.25, -0.2) is 4.98 Å². The fraction of sp³-hybridized carbons (Fsp3) is 0.636. The Morgan fingerprint density at radius 2 is 2.19 bits per heavy atom. The van der Waals surface area contributed by atoms with Gasteiger partial charge in [-0.2, -0.15) is 0 Å². The van der Waals surface area contributed by atoms with Gasteiger partial charge in [0.2, 0.25) is 0 Å². The van der Waals surface area contributed by atoms with Gasteiger partial charge in [-0.1, -0.05) is 0 Å². The molecule has 0 bridgehead atoms. The second-order valence-electron chi connectivity index (χ2n) is 4.50. The summed E-state index contributed by atoms with van der Waals surface area (Å²) in [7, 11) is 1.69. The van der Waals surface area contributed by atoms with Gasteiger partial charge < -0.3 is 15.0 Å². The largest absolute Gasteiger partial charge is 0.370 e. The summed E-state index contributed by atoms with van der Waals surface area (Å²) in [6, 6.07) is 0. The lowest BCUT2D eigenvalue weighted by atomic mass is 9.79. The third-order valence-corrected chi connectivity index (χ3v) is 3.68. The molecule has 0 amide bonds. The van der Waals surface area contributed by atoms with E-state index in [2.05, 4.69) is 15.3 Å². The summed E-state index contributed by atoms with van der Waals surface area (Å²) in [5.74, 6) is 0.703. The maximum absolute atomic E-state index is 11.8. The van der Waals surface area contributed by atoms with Gasteiger partial charge in [-0.15, -0.1) is 0 Å². The van der Waals surface area contributed by atoms with Crippen LogP contribution in [0.2, 0.25) is 0 Å². The van der Waals surface area contributed by atoms with Crippen LogP contribution in [0.15, 0.2) is 4.79 Å². The molecule has 2 aliphatic rings. The number of rotatable bonds is 2. The van der Waals surface area contributed by atoms with Gasteiger partial charge in [0.15, 0.2) is 0 Å². The number of methoxy groups -OCH3 is 1. The molecule has 0 saturated heterocycles. The molecule has 1 aromatic rings. The molecule has 0 radical (unpaired) electrons. The quantitative estimate of drug-likeness (QED) is 0.758.